The number of aromatic nitrogens is 5. The van der Waals surface area contributed by atoms with E-state index < -0.39 is 0 Å². The smallest absolute Gasteiger partial charge is 0.225 e. The van der Waals surface area contributed by atoms with Gasteiger partial charge < -0.3 is 15.1 Å². The number of aromatic amines is 1. The Morgan fingerprint density at radius 3 is 2.74 bits per heavy atom. The lowest BCUT2D eigenvalue weighted by molar-refractivity contribution is 0.312. The molecule has 2 N–H and O–H groups in total. The third-order valence-electron chi connectivity index (χ3n) is 3.64. The van der Waals surface area contributed by atoms with Gasteiger partial charge in [-0.25, -0.2) is 15.1 Å². The van der Waals surface area contributed by atoms with E-state index in [-0.39, 0.29) is 0 Å². The summed E-state index contributed by atoms with van der Waals surface area (Å²) < 4.78 is 0. The maximum Gasteiger partial charge on any atom is 0.225 e. The van der Waals surface area contributed by atoms with Crippen LogP contribution in [0.15, 0.2) is 11.2 Å². The van der Waals surface area contributed by atoms with Crippen molar-refractivity contribution in [3.63, 3.8) is 0 Å². The molecule has 124 valence electrons. The van der Waals surface area contributed by atoms with Gasteiger partial charge in [-0.15, -0.1) is 5.10 Å². The number of anilines is 3. The summed E-state index contributed by atoms with van der Waals surface area (Å²) in [6.45, 7) is 8.03. The van der Waals surface area contributed by atoms with Crippen molar-refractivity contribution in [2.24, 2.45) is 0 Å². The number of nitrogens with one attached hydrogen (secondary N) is 2. The van der Waals surface area contributed by atoms with Crippen molar-refractivity contribution in [3.8, 4) is 0 Å². The Labute approximate surface area is 140 Å². The Morgan fingerprint density at radius 2 is 2.00 bits per heavy atom. The highest BCUT2D eigenvalue weighted by molar-refractivity contribution is 7.99. The van der Waals surface area contributed by atoms with Gasteiger partial charge in [-0.05, 0) is 19.7 Å². The number of rotatable bonds is 5. The molecule has 9 heteroatoms. The highest BCUT2D eigenvalue weighted by Gasteiger charge is 2.17. The molecule has 2 aromatic rings. The van der Waals surface area contributed by atoms with Crippen molar-refractivity contribution < 1.29 is 0 Å². The minimum atomic E-state index is 0.600. The van der Waals surface area contributed by atoms with Crippen LogP contribution in [0.2, 0.25) is 0 Å². The standard InChI is InChI=1S/C14H22N8S/c1-4-23-14-18-13(19-20-14)17-11-9-12(16-10(2)15-11)22-7-5-21(3)6-8-22/h9H,4-8H2,1-3H3,(H2,15,16,17,18,19,20). The molecule has 3 rings (SSSR count). The molecule has 0 atom stereocenters. The molecule has 0 saturated carbocycles. The van der Waals surface area contributed by atoms with Crippen LogP contribution in [0.3, 0.4) is 0 Å². The molecule has 8 nitrogen and oxygen atoms in total. The molecule has 3 heterocycles. The average molecular weight is 334 g/mol. The molecule has 1 fully saturated rings. The predicted molar refractivity (Wildman–Crippen MR) is 92.5 cm³/mol. The highest BCUT2D eigenvalue weighted by Crippen LogP contribution is 2.20. The molecule has 1 aliphatic heterocycles. The van der Waals surface area contributed by atoms with Crippen LogP contribution in [0.4, 0.5) is 17.6 Å². The normalized spacial score (nSPS) is 15.9. The number of hydrogen-bond acceptors (Lipinski definition) is 8. The van der Waals surface area contributed by atoms with Gasteiger partial charge in [0.05, 0.1) is 0 Å². The quantitative estimate of drug-likeness (QED) is 0.796. The van der Waals surface area contributed by atoms with Crippen molar-refractivity contribution in [2.45, 2.75) is 19.0 Å². The van der Waals surface area contributed by atoms with Crippen LogP contribution in [-0.2, 0) is 0 Å². The van der Waals surface area contributed by atoms with Gasteiger partial charge in [0, 0.05) is 32.2 Å². The zero-order valence-electron chi connectivity index (χ0n) is 13.7. The van der Waals surface area contributed by atoms with E-state index >= 15 is 0 Å². The molecular formula is C14H22N8S. The molecule has 23 heavy (non-hydrogen) atoms. The number of aryl methyl sites for hydroxylation is 1. The zero-order valence-corrected chi connectivity index (χ0v) is 14.5. The first-order chi connectivity index (χ1) is 11.1. The van der Waals surface area contributed by atoms with E-state index in [1.807, 2.05) is 13.0 Å². The Bertz CT molecular complexity index is 650. The first kappa shape index (κ1) is 16.0. The number of H-pyrrole nitrogens is 1. The molecule has 1 saturated heterocycles. The van der Waals surface area contributed by atoms with E-state index in [2.05, 4.69) is 54.2 Å². The lowest BCUT2D eigenvalue weighted by Gasteiger charge is -2.33. The van der Waals surface area contributed by atoms with Crippen molar-refractivity contribution in [1.82, 2.24) is 30.0 Å². The molecule has 0 bridgehead atoms. The van der Waals surface area contributed by atoms with Crippen LogP contribution in [0.5, 0.6) is 0 Å². The summed E-state index contributed by atoms with van der Waals surface area (Å²) >= 11 is 1.60. The Balaban J connectivity index is 1.74. The van der Waals surface area contributed by atoms with E-state index in [1.54, 1.807) is 11.8 Å². The molecule has 0 amide bonds. The molecule has 0 spiro atoms. The zero-order chi connectivity index (χ0) is 16.2. The van der Waals surface area contributed by atoms with Crippen LogP contribution in [0, 0.1) is 6.92 Å². The van der Waals surface area contributed by atoms with Crippen molar-refractivity contribution in [3.05, 3.63) is 11.9 Å². The number of likely N-dealkylation sites (N-methyl/N-ethyl adjacent to an activating group) is 1. The molecule has 2 aromatic heterocycles. The van der Waals surface area contributed by atoms with Crippen molar-refractivity contribution >= 4 is 29.3 Å². The van der Waals surface area contributed by atoms with Gasteiger partial charge in [0.25, 0.3) is 0 Å². The van der Waals surface area contributed by atoms with Gasteiger partial charge in [0.2, 0.25) is 11.1 Å². The number of hydrogen-bond donors (Lipinski definition) is 2. The summed E-state index contributed by atoms with van der Waals surface area (Å²) in [4.78, 5) is 18.0. The Hall–Kier alpha value is -1.87. The lowest BCUT2D eigenvalue weighted by Crippen LogP contribution is -2.44. The fourth-order valence-electron chi connectivity index (χ4n) is 2.43. The maximum absolute atomic E-state index is 4.56. The van der Waals surface area contributed by atoms with Gasteiger partial charge in [-0.1, -0.05) is 18.7 Å². The van der Waals surface area contributed by atoms with E-state index in [0.29, 0.717) is 5.95 Å². The molecule has 0 radical (unpaired) electrons. The van der Waals surface area contributed by atoms with Gasteiger partial charge in [-0.3, -0.25) is 0 Å². The molecule has 0 unspecified atom stereocenters. The van der Waals surface area contributed by atoms with Crippen LogP contribution >= 0.6 is 11.8 Å². The van der Waals surface area contributed by atoms with Crippen LogP contribution in [0.1, 0.15) is 12.7 Å². The maximum atomic E-state index is 4.56. The predicted octanol–water partition coefficient (Wildman–Crippen LogP) is 1.51. The summed E-state index contributed by atoms with van der Waals surface area (Å²) in [6.07, 6.45) is 0. The summed E-state index contributed by atoms with van der Waals surface area (Å²) in [5, 5.41) is 11.0. The number of nitrogens with zero attached hydrogens (tertiary/aromatic N) is 6. The molecule has 0 aromatic carbocycles. The second kappa shape index (κ2) is 7.14. The van der Waals surface area contributed by atoms with Gasteiger partial charge >= 0.3 is 0 Å². The van der Waals surface area contributed by atoms with E-state index in [0.717, 1.165) is 54.5 Å². The van der Waals surface area contributed by atoms with Crippen molar-refractivity contribution in [2.75, 3.05) is 49.2 Å². The van der Waals surface area contributed by atoms with E-state index in [4.69, 9.17) is 0 Å². The highest BCUT2D eigenvalue weighted by atomic mass is 32.2. The fraction of sp³-hybridized carbons (Fsp3) is 0.571. The largest absolute Gasteiger partial charge is 0.354 e. The molecule has 1 aliphatic rings. The second-order valence-corrected chi connectivity index (χ2v) is 6.70. The lowest BCUT2D eigenvalue weighted by atomic mass is 10.3. The van der Waals surface area contributed by atoms with Crippen LogP contribution < -0.4 is 10.2 Å². The third kappa shape index (κ3) is 4.11. The van der Waals surface area contributed by atoms with Gasteiger partial charge in [0.15, 0.2) is 0 Å². The Kier molecular flexibility index (Phi) is 4.97. The first-order valence-corrected chi connectivity index (χ1v) is 8.74. The average Bonchev–Trinajstić information content (AvgIpc) is 2.95. The van der Waals surface area contributed by atoms with Gasteiger partial charge in [-0.2, -0.15) is 4.98 Å². The SMILES string of the molecule is CCSc1n[nH]c(Nc2cc(N3CCN(C)CC3)nc(C)n2)n1. The van der Waals surface area contributed by atoms with E-state index in [1.165, 1.54) is 0 Å². The summed E-state index contributed by atoms with van der Waals surface area (Å²) in [6, 6.07) is 1.97. The minimum absolute atomic E-state index is 0.600. The van der Waals surface area contributed by atoms with Crippen LogP contribution in [0.25, 0.3) is 0 Å². The van der Waals surface area contributed by atoms with Crippen LogP contribution in [-0.4, -0.2) is 69.0 Å². The monoisotopic (exact) mass is 334 g/mol. The van der Waals surface area contributed by atoms with E-state index in [9.17, 15) is 0 Å². The fourth-order valence-corrected chi connectivity index (χ4v) is 2.96. The second-order valence-electron chi connectivity index (χ2n) is 5.47. The third-order valence-corrected chi connectivity index (χ3v) is 4.37. The summed E-state index contributed by atoms with van der Waals surface area (Å²) in [7, 11) is 2.14. The van der Waals surface area contributed by atoms with Crippen molar-refractivity contribution in [1.29, 1.82) is 0 Å². The summed E-state index contributed by atoms with van der Waals surface area (Å²) in [5.74, 6) is 3.97. The topological polar surface area (TPSA) is 85.9 Å². The van der Waals surface area contributed by atoms with Gasteiger partial charge in [0.1, 0.15) is 17.5 Å². The number of thioether (sulfide) groups is 1. The Morgan fingerprint density at radius 1 is 1.22 bits per heavy atom. The minimum Gasteiger partial charge on any atom is -0.354 e. The molecular weight excluding hydrogens is 312 g/mol. The summed E-state index contributed by atoms with van der Waals surface area (Å²) in [5.41, 5.74) is 0. The first-order valence-electron chi connectivity index (χ1n) is 7.75. The number of piperazine rings is 1. The molecule has 0 aliphatic carbocycles.